The van der Waals surface area contributed by atoms with Gasteiger partial charge >= 0.3 is 0 Å². The van der Waals surface area contributed by atoms with Crippen LogP contribution in [-0.4, -0.2) is 44.0 Å². The molecule has 5 heteroatoms. The van der Waals surface area contributed by atoms with Gasteiger partial charge in [-0.2, -0.15) is 0 Å². The lowest BCUT2D eigenvalue weighted by Gasteiger charge is -2.26. The van der Waals surface area contributed by atoms with Crippen LogP contribution in [0.3, 0.4) is 0 Å². The molecule has 2 amide bonds. The van der Waals surface area contributed by atoms with Gasteiger partial charge in [0, 0.05) is 18.3 Å². The molecule has 0 aromatic heterocycles. The molecule has 22 heavy (non-hydrogen) atoms. The molecule has 1 aromatic carbocycles. The number of amides is 2. The fraction of sp³-hybridized carbons (Fsp3) is 0.529. The first-order chi connectivity index (χ1) is 10.4. The predicted octanol–water partition coefficient (Wildman–Crippen LogP) is 0.00350. The Morgan fingerprint density at radius 2 is 1.95 bits per heavy atom. The predicted molar refractivity (Wildman–Crippen MR) is 87.0 cm³/mol. The van der Waals surface area contributed by atoms with Crippen LogP contribution in [0, 0.1) is 0 Å². The van der Waals surface area contributed by atoms with Crippen LogP contribution in [0.5, 0.6) is 0 Å². The number of hydrogen-bond donors (Lipinski definition) is 2. The molecular formula is C17H26N3O2+. The Morgan fingerprint density at radius 3 is 2.64 bits per heavy atom. The maximum atomic E-state index is 12.7. The SMILES string of the molecule is CC(C)NC(=O)C[NH+](C)[C@H](C)C(=O)N1CCc2ccccc21. The number of nitrogens with one attached hydrogen (secondary N) is 2. The van der Waals surface area contributed by atoms with Crippen LogP contribution in [0.4, 0.5) is 5.69 Å². The molecule has 0 fully saturated rings. The van der Waals surface area contributed by atoms with E-state index in [1.807, 2.05) is 50.9 Å². The number of quaternary nitrogens is 1. The molecule has 1 heterocycles. The Hall–Kier alpha value is -1.88. The molecule has 0 spiro atoms. The lowest BCUT2D eigenvalue weighted by molar-refractivity contribution is -0.885. The molecule has 120 valence electrons. The quantitative estimate of drug-likeness (QED) is 0.805. The second-order valence-corrected chi connectivity index (χ2v) is 6.34. The number of benzene rings is 1. The smallest absolute Gasteiger partial charge is 0.284 e. The van der Waals surface area contributed by atoms with E-state index in [0.717, 1.165) is 23.6 Å². The van der Waals surface area contributed by atoms with Crippen molar-refractivity contribution >= 4 is 17.5 Å². The average molecular weight is 304 g/mol. The molecule has 1 aliphatic heterocycles. The highest BCUT2D eigenvalue weighted by molar-refractivity contribution is 5.98. The lowest BCUT2D eigenvalue weighted by Crippen LogP contribution is -3.15. The van der Waals surface area contributed by atoms with Crippen LogP contribution in [0.2, 0.25) is 0 Å². The van der Waals surface area contributed by atoms with Gasteiger partial charge in [-0.3, -0.25) is 9.59 Å². The Labute approximate surface area is 132 Å². The van der Waals surface area contributed by atoms with E-state index in [4.69, 9.17) is 0 Å². The van der Waals surface area contributed by atoms with Gasteiger partial charge in [-0.05, 0) is 38.8 Å². The van der Waals surface area contributed by atoms with E-state index in [2.05, 4.69) is 11.4 Å². The largest absolute Gasteiger partial charge is 0.349 e. The molecule has 2 rings (SSSR count). The van der Waals surface area contributed by atoms with Gasteiger partial charge in [-0.1, -0.05) is 18.2 Å². The molecule has 2 N–H and O–H groups in total. The summed E-state index contributed by atoms with van der Waals surface area (Å²) in [6.07, 6.45) is 0.904. The third kappa shape index (κ3) is 3.65. The van der Waals surface area contributed by atoms with Gasteiger partial charge in [-0.15, -0.1) is 0 Å². The van der Waals surface area contributed by atoms with Crippen LogP contribution in [0.1, 0.15) is 26.3 Å². The van der Waals surface area contributed by atoms with Crippen molar-refractivity contribution in [3.05, 3.63) is 29.8 Å². The first-order valence-electron chi connectivity index (χ1n) is 7.91. The molecule has 5 nitrogen and oxygen atoms in total. The summed E-state index contributed by atoms with van der Waals surface area (Å²) in [5.74, 6) is 0.0637. The molecule has 0 aliphatic carbocycles. The number of anilines is 1. The van der Waals surface area contributed by atoms with Crippen LogP contribution >= 0.6 is 0 Å². The van der Waals surface area contributed by atoms with E-state index in [-0.39, 0.29) is 23.9 Å². The Balaban J connectivity index is 1.99. The topological polar surface area (TPSA) is 53.9 Å². The second-order valence-electron chi connectivity index (χ2n) is 6.34. The van der Waals surface area contributed by atoms with Gasteiger partial charge in [0.15, 0.2) is 12.6 Å². The van der Waals surface area contributed by atoms with Crippen molar-refractivity contribution in [3.63, 3.8) is 0 Å². The maximum absolute atomic E-state index is 12.7. The van der Waals surface area contributed by atoms with Crippen LogP contribution in [0.15, 0.2) is 24.3 Å². The van der Waals surface area contributed by atoms with Gasteiger partial charge in [-0.25, -0.2) is 0 Å². The highest BCUT2D eigenvalue weighted by Crippen LogP contribution is 2.27. The fourth-order valence-electron chi connectivity index (χ4n) is 2.79. The van der Waals surface area contributed by atoms with E-state index in [0.29, 0.717) is 6.54 Å². The first-order valence-corrected chi connectivity index (χ1v) is 7.91. The zero-order chi connectivity index (χ0) is 16.3. The highest BCUT2D eigenvalue weighted by atomic mass is 16.2. The molecule has 0 radical (unpaired) electrons. The average Bonchev–Trinajstić information content (AvgIpc) is 2.88. The number of likely N-dealkylation sites (N-methyl/N-ethyl adjacent to an activating group) is 1. The third-order valence-corrected chi connectivity index (χ3v) is 4.15. The minimum Gasteiger partial charge on any atom is -0.349 e. The standard InChI is InChI=1S/C17H25N3O2/c1-12(2)18-16(21)11-19(4)13(3)17(22)20-10-9-14-7-5-6-8-15(14)20/h5-8,12-13H,9-11H2,1-4H3,(H,18,21)/p+1/t13-/m1/s1. The molecule has 0 bridgehead atoms. The van der Waals surface area contributed by atoms with Crippen LogP contribution in [-0.2, 0) is 16.0 Å². The van der Waals surface area contributed by atoms with Gasteiger partial charge in [0.1, 0.15) is 0 Å². The molecule has 2 atom stereocenters. The summed E-state index contributed by atoms with van der Waals surface area (Å²) in [5, 5.41) is 2.87. The molecule has 0 saturated heterocycles. The highest BCUT2D eigenvalue weighted by Gasteiger charge is 2.32. The minimum atomic E-state index is -0.246. The first kappa shape index (κ1) is 16.5. The van der Waals surface area contributed by atoms with Crippen molar-refractivity contribution in [2.45, 2.75) is 39.3 Å². The van der Waals surface area contributed by atoms with Crippen molar-refractivity contribution in [1.82, 2.24) is 5.32 Å². The van der Waals surface area contributed by atoms with Crippen LogP contribution in [0.25, 0.3) is 0 Å². The van der Waals surface area contributed by atoms with E-state index in [9.17, 15) is 9.59 Å². The molecule has 1 unspecified atom stereocenters. The number of hydrogen-bond acceptors (Lipinski definition) is 2. The monoisotopic (exact) mass is 304 g/mol. The number of fused-ring (bicyclic) bond motifs is 1. The zero-order valence-corrected chi connectivity index (χ0v) is 13.8. The van der Waals surface area contributed by atoms with Gasteiger partial charge < -0.3 is 15.1 Å². The van der Waals surface area contributed by atoms with Crippen molar-refractivity contribution in [3.8, 4) is 0 Å². The van der Waals surface area contributed by atoms with Crippen molar-refractivity contribution in [1.29, 1.82) is 0 Å². The number of rotatable bonds is 5. The summed E-state index contributed by atoms with van der Waals surface area (Å²) in [4.78, 5) is 27.3. The number of carbonyl (C=O) groups excluding carboxylic acids is 2. The van der Waals surface area contributed by atoms with Crippen molar-refractivity contribution in [2.24, 2.45) is 0 Å². The van der Waals surface area contributed by atoms with Gasteiger partial charge in [0.2, 0.25) is 0 Å². The number of para-hydroxylation sites is 1. The molecular weight excluding hydrogens is 278 g/mol. The van der Waals surface area contributed by atoms with E-state index in [1.54, 1.807) is 0 Å². The summed E-state index contributed by atoms with van der Waals surface area (Å²) in [7, 11) is 1.89. The summed E-state index contributed by atoms with van der Waals surface area (Å²) >= 11 is 0. The van der Waals surface area contributed by atoms with Crippen LogP contribution < -0.4 is 15.1 Å². The molecule has 1 aromatic rings. The third-order valence-electron chi connectivity index (χ3n) is 4.15. The number of carbonyl (C=O) groups is 2. The van der Waals surface area contributed by atoms with Gasteiger partial charge in [0.25, 0.3) is 11.8 Å². The lowest BCUT2D eigenvalue weighted by atomic mass is 10.2. The zero-order valence-electron chi connectivity index (χ0n) is 13.8. The summed E-state index contributed by atoms with van der Waals surface area (Å²) in [6.45, 7) is 6.79. The Morgan fingerprint density at radius 1 is 1.27 bits per heavy atom. The van der Waals surface area contributed by atoms with Gasteiger partial charge in [0.05, 0.1) is 7.05 Å². The van der Waals surface area contributed by atoms with E-state index >= 15 is 0 Å². The van der Waals surface area contributed by atoms with Crippen molar-refractivity contribution in [2.75, 3.05) is 25.0 Å². The second kappa shape index (κ2) is 6.92. The van der Waals surface area contributed by atoms with Crippen molar-refractivity contribution < 1.29 is 14.5 Å². The fourth-order valence-corrected chi connectivity index (χ4v) is 2.79. The normalized spacial score (nSPS) is 16.3. The van der Waals surface area contributed by atoms with E-state index in [1.165, 1.54) is 5.56 Å². The summed E-state index contributed by atoms with van der Waals surface area (Å²) in [6, 6.07) is 7.90. The minimum absolute atomic E-state index is 0.0195. The van der Waals surface area contributed by atoms with E-state index < -0.39 is 0 Å². The molecule has 0 saturated carbocycles. The molecule has 1 aliphatic rings. The number of nitrogens with zero attached hydrogens (tertiary/aromatic N) is 1. The maximum Gasteiger partial charge on any atom is 0.284 e. The Kier molecular flexibility index (Phi) is 5.19. The summed E-state index contributed by atoms with van der Waals surface area (Å²) in [5.41, 5.74) is 2.23. The summed E-state index contributed by atoms with van der Waals surface area (Å²) < 4.78 is 0. The Bertz CT molecular complexity index is 557.